The number of nitrogens with one attached hydrogen (secondary N) is 2. The smallest absolute Gasteiger partial charge is 0.322 e. The molecule has 184 valence electrons. The summed E-state index contributed by atoms with van der Waals surface area (Å²) in [6, 6.07) is 9.81. The van der Waals surface area contributed by atoms with Crippen LogP contribution in [0.2, 0.25) is 0 Å². The molecule has 0 aromatic heterocycles. The maximum atomic E-state index is 13.8. The third kappa shape index (κ3) is 4.78. The van der Waals surface area contributed by atoms with E-state index in [9.17, 15) is 18.8 Å². The van der Waals surface area contributed by atoms with Crippen LogP contribution in [0, 0.1) is 25.6 Å². The molecule has 2 aromatic carbocycles. The summed E-state index contributed by atoms with van der Waals surface area (Å²) in [5.74, 6) is -0.872. The van der Waals surface area contributed by atoms with Gasteiger partial charge in [-0.3, -0.25) is 14.5 Å². The first-order chi connectivity index (χ1) is 16.6. The van der Waals surface area contributed by atoms with Gasteiger partial charge in [0.05, 0.1) is 23.9 Å². The van der Waals surface area contributed by atoms with E-state index in [2.05, 4.69) is 10.6 Å². The molecule has 0 bridgehead atoms. The van der Waals surface area contributed by atoms with Gasteiger partial charge in [0.25, 0.3) is 5.91 Å². The molecule has 2 unspecified atom stereocenters. The SMILES string of the molecule is Cc1ccc(C2NC(=O)N(C)C3=C2C(=O)N(C(CC(C)C)C(=O)Nc2ccc(F)cc2)C3)c(C)c1. The van der Waals surface area contributed by atoms with Gasteiger partial charge in [-0.05, 0) is 61.6 Å². The second-order valence-corrected chi connectivity index (χ2v) is 9.74. The molecule has 2 heterocycles. The van der Waals surface area contributed by atoms with Crippen LogP contribution in [0.15, 0.2) is 53.7 Å². The van der Waals surface area contributed by atoms with Gasteiger partial charge >= 0.3 is 6.03 Å². The largest absolute Gasteiger partial charge is 0.326 e. The van der Waals surface area contributed by atoms with Crippen molar-refractivity contribution in [3.63, 3.8) is 0 Å². The quantitative estimate of drug-likeness (QED) is 0.650. The number of hydrogen-bond donors (Lipinski definition) is 2. The zero-order valence-corrected chi connectivity index (χ0v) is 20.7. The minimum absolute atomic E-state index is 0.136. The van der Waals surface area contributed by atoms with Gasteiger partial charge in [0.1, 0.15) is 11.9 Å². The number of benzene rings is 2. The number of nitrogens with zero attached hydrogens (tertiary/aromatic N) is 2. The molecule has 2 N–H and O–H groups in total. The summed E-state index contributed by atoms with van der Waals surface area (Å²) in [7, 11) is 1.63. The lowest BCUT2D eigenvalue weighted by atomic mass is 9.91. The van der Waals surface area contributed by atoms with E-state index in [0.29, 0.717) is 23.4 Å². The second-order valence-electron chi connectivity index (χ2n) is 9.74. The average Bonchev–Trinajstić information content (AvgIpc) is 3.13. The minimum Gasteiger partial charge on any atom is -0.326 e. The van der Waals surface area contributed by atoms with E-state index < -0.39 is 17.9 Å². The highest BCUT2D eigenvalue weighted by molar-refractivity contribution is 6.05. The number of amides is 4. The Morgan fingerprint density at radius 2 is 1.83 bits per heavy atom. The van der Waals surface area contributed by atoms with Crippen molar-refractivity contribution in [1.82, 2.24) is 15.1 Å². The van der Waals surface area contributed by atoms with Gasteiger partial charge < -0.3 is 15.5 Å². The van der Waals surface area contributed by atoms with Crippen molar-refractivity contribution < 1.29 is 18.8 Å². The molecule has 0 fully saturated rings. The molecular weight excluding hydrogens is 447 g/mol. The normalized spacial score (nSPS) is 18.7. The first-order valence-electron chi connectivity index (χ1n) is 11.8. The molecule has 4 amide bonds. The number of likely N-dealkylation sites (N-methyl/N-ethyl adjacent to an activating group) is 1. The molecule has 0 radical (unpaired) electrons. The highest BCUT2D eigenvalue weighted by atomic mass is 19.1. The van der Waals surface area contributed by atoms with Crippen LogP contribution in [-0.2, 0) is 9.59 Å². The Balaban J connectivity index is 1.67. The number of carbonyl (C=O) groups is 3. The lowest BCUT2D eigenvalue weighted by molar-refractivity contribution is -0.134. The van der Waals surface area contributed by atoms with Crippen LogP contribution in [0.5, 0.6) is 0 Å². The van der Waals surface area contributed by atoms with Gasteiger partial charge in [-0.15, -0.1) is 0 Å². The molecule has 4 rings (SSSR count). The van der Waals surface area contributed by atoms with E-state index in [0.717, 1.165) is 16.7 Å². The van der Waals surface area contributed by atoms with Crippen LogP contribution in [0.3, 0.4) is 0 Å². The summed E-state index contributed by atoms with van der Waals surface area (Å²) in [4.78, 5) is 43.0. The highest BCUT2D eigenvalue weighted by Crippen LogP contribution is 2.38. The molecule has 8 heteroatoms. The zero-order chi connectivity index (χ0) is 25.4. The van der Waals surface area contributed by atoms with Gasteiger partial charge in [0, 0.05) is 12.7 Å². The lowest BCUT2D eigenvalue weighted by Crippen LogP contribution is -2.47. The first kappa shape index (κ1) is 24.4. The average molecular weight is 479 g/mol. The van der Waals surface area contributed by atoms with Crippen molar-refractivity contribution in [2.24, 2.45) is 5.92 Å². The van der Waals surface area contributed by atoms with Crippen LogP contribution in [0.1, 0.15) is 43.0 Å². The highest BCUT2D eigenvalue weighted by Gasteiger charge is 2.46. The maximum absolute atomic E-state index is 13.8. The van der Waals surface area contributed by atoms with Crippen molar-refractivity contribution in [2.45, 2.75) is 46.2 Å². The van der Waals surface area contributed by atoms with Gasteiger partial charge in [0.2, 0.25) is 5.91 Å². The molecule has 2 aliphatic heterocycles. The second kappa shape index (κ2) is 9.52. The number of hydrogen-bond acceptors (Lipinski definition) is 3. The van der Waals surface area contributed by atoms with Crippen molar-refractivity contribution in [1.29, 1.82) is 0 Å². The number of halogens is 1. The molecule has 7 nitrogen and oxygen atoms in total. The number of aryl methyl sites for hydroxylation is 2. The van der Waals surface area contributed by atoms with E-state index >= 15 is 0 Å². The number of rotatable bonds is 6. The Morgan fingerprint density at radius 3 is 2.46 bits per heavy atom. The van der Waals surface area contributed by atoms with Gasteiger partial charge in [-0.2, -0.15) is 0 Å². The van der Waals surface area contributed by atoms with E-state index in [-0.39, 0.29) is 30.3 Å². The Morgan fingerprint density at radius 1 is 1.14 bits per heavy atom. The van der Waals surface area contributed by atoms with Crippen molar-refractivity contribution in [3.8, 4) is 0 Å². The summed E-state index contributed by atoms with van der Waals surface area (Å²) in [6.07, 6.45) is 0.443. The Bertz CT molecular complexity index is 1210. The lowest BCUT2D eigenvalue weighted by Gasteiger charge is -2.31. The summed E-state index contributed by atoms with van der Waals surface area (Å²) in [6.45, 7) is 8.09. The number of anilines is 1. The number of carbonyl (C=O) groups excluding carboxylic acids is 3. The molecule has 35 heavy (non-hydrogen) atoms. The summed E-state index contributed by atoms with van der Waals surface area (Å²) >= 11 is 0. The molecule has 2 atom stereocenters. The molecule has 0 aliphatic carbocycles. The molecule has 0 saturated carbocycles. The summed E-state index contributed by atoms with van der Waals surface area (Å²) in [5.41, 5.74) is 4.47. The van der Waals surface area contributed by atoms with Gasteiger partial charge in [0.15, 0.2) is 0 Å². The number of urea groups is 1. The van der Waals surface area contributed by atoms with Gasteiger partial charge in [-0.25, -0.2) is 9.18 Å². The Labute approximate surface area is 205 Å². The van der Waals surface area contributed by atoms with Crippen LogP contribution in [-0.4, -0.2) is 47.3 Å². The van der Waals surface area contributed by atoms with E-state index in [1.165, 1.54) is 29.2 Å². The van der Waals surface area contributed by atoms with Crippen LogP contribution < -0.4 is 10.6 Å². The zero-order valence-electron chi connectivity index (χ0n) is 20.7. The fourth-order valence-corrected chi connectivity index (χ4v) is 4.80. The molecule has 2 aromatic rings. The molecular formula is C27H31FN4O3. The predicted molar refractivity (Wildman–Crippen MR) is 132 cm³/mol. The summed E-state index contributed by atoms with van der Waals surface area (Å²) < 4.78 is 13.3. The monoisotopic (exact) mass is 478 g/mol. The standard InChI is InChI=1S/C27H31FN4O3/c1-15(2)12-21(25(33)29-19-9-7-18(28)8-10-19)32-14-22-23(26(32)34)24(30-27(35)31(22)5)20-11-6-16(3)13-17(20)4/h6-11,13,15,21,24H,12,14H2,1-5H3,(H,29,33)(H,30,35). The van der Waals surface area contributed by atoms with E-state index in [4.69, 9.17) is 0 Å². The first-order valence-corrected chi connectivity index (χ1v) is 11.8. The van der Waals surface area contributed by atoms with Crippen LogP contribution in [0.4, 0.5) is 14.9 Å². The maximum Gasteiger partial charge on any atom is 0.322 e. The predicted octanol–water partition coefficient (Wildman–Crippen LogP) is 4.29. The van der Waals surface area contributed by atoms with Crippen molar-refractivity contribution >= 4 is 23.5 Å². The third-order valence-corrected chi connectivity index (χ3v) is 6.61. The van der Waals surface area contributed by atoms with Crippen LogP contribution in [0.25, 0.3) is 0 Å². The topological polar surface area (TPSA) is 81.8 Å². The molecule has 2 aliphatic rings. The third-order valence-electron chi connectivity index (χ3n) is 6.61. The van der Waals surface area contributed by atoms with Crippen molar-refractivity contribution in [2.75, 3.05) is 18.9 Å². The van der Waals surface area contributed by atoms with E-state index in [1.807, 2.05) is 45.9 Å². The minimum atomic E-state index is -0.749. The van der Waals surface area contributed by atoms with Crippen LogP contribution >= 0.6 is 0 Å². The van der Waals surface area contributed by atoms with Crippen molar-refractivity contribution in [3.05, 3.63) is 76.2 Å². The van der Waals surface area contributed by atoms with E-state index in [1.54, 1.807) is 11.9 Å². The fraction of sp³-hybridized carbons (Fsp3) is 0.370. The molecule has 0 saturated heterocycles. The Kier molecular flexibility index (Phi) is 6.65. The molecule has 0 spiro atoms. The Hall–Kier alpha value is -3.68. The van der Waals surface area contributed by atoms with Gasteiger partial charge in [-0.1, -0.05) is 37.6 Å². The summed E-state index contributed by atoms with van der Waals surface area (Å²) in [5, 5.41) is 5.78. The fourth-order valence-electron chi connectivity index (χ4n) is 4.80.